The number of anilines is 2. The van der Waals surface area contributed by atoms with Crippen LogP contribution >= 0.6 is 11.8 Å². The van der Waals surface area contributed by atoms with Gasteiger partial charge in [-0.15, -0.1) is 11.8 Å². The van der Waals surface area contributed by atoms with Gasteiger partial charge in [-0.05, 0) is 77.9 Å². The molecule has 0 saturated heterocycles. The molecule has 0 saturated carbocycles. The molecule has 1 aliphatic rings. The standard InChI is InChI=1S/C39H33N3O6S/c43-37(40-31-15-20-35-36(24-31)47-22-21-46-35)26-49-33-18-13-30(14-19-33)41-39(45)34(42-38(44)29-9-5-2-6-10-29)23-27-11-16-32(17-12-27)48-25-28-7-3-1-4-8-28/h1-20,23-24H,21-22,25-26H2,(H,40,43)(H,41,45)(H,42,44)/b34-23-. The summed E-state index contributed by atoms with van der Waals surface area (Å²) >= 11 is 1.36. The molecule has 0 fully saturated rings. The van der Waals surface area contributed by atoms with Crippen molar-refractivity contribution in [3.05, 3.63) is 150 Å². The maximum Gasteiger partial charge on any atom is 0.272 e. The van der Waals surface area contributed by atoms with Gasteiger partial charge < -0.3 is 30.2 Å². The monoisotopic (exact) mass is 671 g/mol. The molecule has 5 aromatic carbocycles. The summed E-state index contributed by atoms with van der Waals surface area (Å²) in [7, 11) is 0. The van der Waals surface area contributed by atoms with Crippen LogP contribution in [0.5, 0.6) is 17.2 Å². The van der Waals surface area contributed by atoms with Gasteiger partial charge in [0.25, 0.3) is 11.8 Å². The van der Waals surface area contributed by atoms with Crippen molar-refractivity contribution in [3.8, 4) is 17.2 Å². The third-order valence-corrected chi connectivity index (χ3v) is 8.29. The third kappa shape index (κ3) is 9.52. The molecule has 49 heavy (non-hydrogen) atoms. The van der Waals surface area contributed by atoms with Crippen LogP contribution in [0, 0.1) is 0 Å². The van der Waals surface area contributed by atoms with Crippen molar-refractivity contribution < 1.29 is 28.6 Å². The topological polar surface area (TPSA) is 115 Å². The quantitative estimate of drug-likeness (QED) is 0.0951. The van der Waals surface area contributed by atoms with Crippen molar-refractivity contribution in [1.82, 2.24) is 5.32 Å². The second-order valence-electron chi connectivity index (χ2n) is 10.9. The van der Waals surface area contributed by atoms with Crippen LogP contribution in [0.2, 0.25) is 0 Å². The van der Waals surface area contributed by atoms with Crippen LogP contribution < -0.4 is 30.2 Å². The predicted molar refractivity (Wildman–Crippen MR) is 191 cm³/mol. The van der Waals surface area contributed by atoms with Crippen molar-refractivity contribution in [2.75, 3.05) is 29.6 Å². The summed E-state index contributed by atoms with van der Waals surface area (Å²) in [5, 5.41) is 8.50. The van der Waals surface area contributed by atoms with Crippen LogP contribution in [0.25, 0.3) is 6.08 Å². The van der Waals surface area contributed by atoms with E-state index in [4.69, 9.17) is 14.2 Å². The van der Waals surface area contributed by atoms with Crippen molar-refractivity contribution in [2.24, 2.45) is 0 Å². The van der Waals surface area contributed by atoms with Crippen molar-refractivity contribution in [2.45, 2.75) is 11.5 Å². The van der Waals surface area contributed by atoms with Crippen molar-refractivity contribution in [3.63, 3.8) is 0 Å². The Morgan fingerprint density at radius 1 is 0.714 bits per heavy atom. The van der Waals surface area contributed by atoms with E-state index in [1.54, 1.807) is 60.7 Å². The number of rotatable bonds is 12. The van der Waals surface area contributed by atoms with Crippen LogP contribution in [0.4, 0.5) is 11.4 Å². The molecule has 0 aliphatic carbocycles. The summed E-state index contributed by atoms with van der Waals surface area (Å²) in [5.74, 6) is 1.06. The molecular weight excluding hydrogens is 639 g/mol. The van der Waals surface area contributed by atoms with E-state index in [0.717, 1.165) is 10.5 Å². The Labute approximate surface area is 288 Å². The normalized spacial score (nSPS) is 12.0. The Morgan fingerprint density at radius 3 is 2.12 bits per heavy atom. The SMILES string of the molecule is O=C(CSc1ccc(NC(=O)/C(=C/c2ccc(OCc3ccccc3)cc2)NC(=O)c2ccccc2)cc1)Nc1ccc2c(c1)OCCO2. The molecule has 10 heteroatoms. The fourth-order valence-electron chi connectivity index (χ4n) is 4.81. The first kappa shape index (κ1) is 32.9. The van der Waals surface area contributed by atoms with Crippen molar-refractivity contribution in [1.29, 1.82) is 0 Å². The lowest BCUT2D eigenvalue weighted by atomic mass is 10.1. The zero-order valence-electron chi connectivity index (χ0n) is 26.4. The lowest BCUT2D eigenvalue weighted by Gasteiger charge is -2.19. The van der Waals surface area contributed by atoms with Gasteiger partial charge in [-0.25, -0.2) is 0 Å². The number of hydrogen-bond donors (Lipinski definition) is 3. The van der Waals surface area contributed by atoms with Crippen LogP contribution in [0.15, 0.2) is 138 Å². The number of fused-ring (bicyclic) bond motifs is 1. The summed E-state index contributed by atoms with van der Waals surface area (Å²) in [6.07, 6.45) is 1.61. The molecule has 0 atom stereocenters. The first-order chi connectivity index (χ1) is 24.0. The van der Waals surface area contributed by atoms with E-state index in [0.29, 0.717) is 59.6 Å². The molecule has 1 heterocycles. The molecule has 9 nitrogen and oxygen atoms in total. The van der Waals surface area contributed by atoms with Gasteiger partial charge in [0.15, 0.2) is 11.5 Å². The Morgan fingerprint density at radius 2 is 1.39 bits per heavy atom. The van der Waals surface area contributed by atoms with E-state index < -0.39 is 11.8 Å². The molecule has 3 N–H and O–H groups in total. The lowest BCUT2D eigenvalue weighted by Crippen LogP contribution is -2.30. The van der Waals surface area contributed by atoms with Gasteiger partial charge in [-0.3, -0.25) is 14.4 Å². The van der Waals surface area contributed by atoms with Crippen LogP contribution in [-0.2, 0) is 16.2 Å². The number of carbonyl (C=O) groups excluding carboxylic acids is 3. The minimum absolute atomic E-state index is 0.0704. The smallest absolute Gasteiger partial charge is 0.272 e. The largest absolute Gasteiger partial charge is 0.489 e. The fourth-order valence-corrected chi connectivity index (χ4v) is 5.51. The van der Waals surface area contributed by atoms with E-state index in [9.17, 15) is 14.4 Å². The van der Waals surface area contributed by atoms with E-state index in [2.05, 4.69) is 16.0 Å². The van der Waals surface area contributed by atoms with E-state index >= 15 is 0 Å². The summed E-state index contributed by atoms with van der Waals surface area (Å²) in [6.45, 7) is 1.40. The fraction of sp³-hybridized carbons (Fsp3) is 0.103. The molecule has 1 aliphatic heterocycles. The molecule has 0 radical (unpaired) electrons. The zero-order valence-corrected chi connectivity index (χ0v) is 27.2. The van der Waals surface area contributed by atoms with Gasteiger partial charge in [0.1, 0.15) is 31.3 Å². The number of nitrogens with one attached hydrogen (secondary N) is 3. The van der Waals surface area contributed by atoms with Gasteiger partial charge in [-0.1, -0.05) is 60.7 Å². The molecule has 0 spiro atoms. The summed E-state index contributed by atoms with van der Waals surface area (Å²) in [5.41, 5.74) is 3.40. The highest BCUT2D eigenvalue weighted by Crippen LogP contribution is 2.32. The van der Waals surface area contributed by atoms with Crippen LogP contribution in [0.3, 0.4) is 0 Å². The Kier molecular flexibility index (Phi) is 10.9. The summed E-state index contributed by atoms with van der Waals surface area (Å²) < 4.78 is 17.0. The van der Waals surface area contributed by atoms with Gasteiger partial charge in [0.2, 0.25) is 5.91 Å². The Bertz CT molecular complexity index is 1930. The zero-order chi connectivity index (χ0) is 33.8. The highest BCUT2D eigenvalue weighted by molar-refractivity contribution is 8.00. The summed E-state index contributed by atoms with van der Waals surface area (Å²) in [6, 6.07) is 38.2. The summed E-state index contributed by atoms with van der Waals surface area (Å²) in [4.78, 5) is 39.9. The number of benzene rings is 5. The average molecular weight is 672 g/mol. The van der Waals surface area contributed by atoms with Gasteiger partial charge in [0.05, 0.1) is 5.75 Å². The molecule has 0 unspecified atom stereocenters. The second kappa shape index (κ2) is 16.2. The maximum atomic E-state index is 13.5. The molecule has 0 aromatic heterocycles. The lowest BCUT2D eigenvalue weighted by molar-refractivity contribution is -0.114. The average Bonchev–Trinajstić information content (AvgIpc) is 3.14. The van der Waals surface area contributed by atoms with Gasteiger partial charge in [-0.2, -0.15) is 0 Å². The third-order valence-electron chi connectivity index (χ3n) is 7.28. The maximum absolute atomic E-state index is 13.5. The van der Waals surface area contributed by atoms with E-state index in [1.807, 2.05) is 72.8 Å². The molecular formula is C39H33N3O6S. The second-order valence-corrected chi connectivity index (χ2v) is 11.9. The number of amides is 3. The molecule has 5 aromatic rings. The molecule has 246 valence electrons. The Hall–Kier alpha value is -6.00. The van der Waals surface area contributed by atoms with Gasteiger partial charge in [0, 0.05) is 27.9 Å². The van der Waals surface area contributed by atoms with Gasteiger partial charge >= 0.3 is 0 Å². The minimum Gasteiger partial charge on any atom is -0.489 e. The number of ether oxygens (including phenoxy) is 3. The first-order valence-corrected chi connectivity index (χ1v) is 16.6. The Balaban J connectivity index is 1.07. The molecule has 6 rings (SSSR count). The highest BCUT2D eigenvalue weighted by atomic mass is 32.2. The number of hydrogen-bond acceptors (Lipinski definition) is 7. The first-order valence-electron chi connectivity index (χ1n) is 15.6. The highest BCUT2D eigenvalue weighted by Gasteiger charge is 2.16. The van der Waals surface area contributed by atoms with E-state index in [-0.39, 0.29) is 17.4 Å². The van der Waals surface area contributed by atoms with Crippen molar-refractivity contribution >= 4 is 46.9 Å². The molecule has 0 bridgehead atoms. The predicted octanol–water partition coefficient (Wildman–Crippen LogP) is 7.18. The minimum atomic E-state index is -0.493. The van der Waals surface area contributed by atoms with Crippen LogP contribution in [-0.4, -0.2) is 36.7 Å². The number of thioether (sulfide) groups is 1. The molecule has 3 amide bonds. The number of carbonyl (C=O) groups is 3. The van der Waals surface area contributed by atoms with Crippen LogP contribution in [0.1, 0.15) is 21.5 Å². The van der Waals surface area contributed by atoms with E-state index in [1.165, 1.54) is 11.8 Å².